The Labute approximate surface area is 172 Å². The van der Waals surface area contributed by atoms with Gasteiger partial charge in [0.25, 0.3) is 11.5 Å². The van der Waals surface area contributed by atoms with Crippen molar-refractivity contribution in [1.29, 1.82) is 0 Å². The zero-order valence-corrected chi connectivity index (χ0v) is 16.2. The Bertz CT molecular complexity index is 1250. The molecule has 0 atom stereocenters. The minimum Gasteiger partial charge on any atom is -0.493 e. The molecule has 2 N–H and O–H groups in total. The summed E-state index contributed by atoms with van der Waals surface area (Å²) < 4.78 is 50.4. The molecular formula is C20H16F3N3O5. The minimum absolute atomic E-state index is 0.0641. The molecule has 0 aliphatic rings. The highest BCUT2D eigenvalue weighted by Gasteiger charge is 2.33. The number of carbonyl (C=O) groups excluding carboxylic acids is 1. The van der Waals surface area contributed by atoms with Crippen molar-refractivity contribution in [2.24, 2.45) is 0 Å². The van der Waals surface area contributed by atoms with Crippen molar-refractivity contribution in [3.8, 4) is 17.2 Å². The molecule has 2 aromatic carbocycles. The number of anilines is 1. The summed E-state index contributed by atoms with van der Waals surface area (Å²) in [7, 11) is 2.76. The van der Waals surface area contributed by atoms with Crippen LogP contribution in [0, 0.1) is 0 Å². The largest absolute Gasteiger partial charge is 0.493 e. The molecule has 8 nitrogen and oxygen atoms in total. The second kappa shape index (κ2) is 8.38. The number of nitrogens with one attached hydrogen (secondary N) is 2. The zero-order chi connectivity index (χ0) is 22.8. The summed E-state index contributed by atoms with van der Waals surface area (Å²) >= 11 is 0. The summed E-state index contributed by atoms with van der Waals surface area (Å²) in [4.78, 5) is 39.9. The third-order valence-electron chi connectivity index (χ3n) is 4.33. The monoisotopic (exact) mass is 435 g/mol. The number of para-hydroxylation sites is 1. The van der Waals surface area contributed by atoms with Crippen LogP contribution in [0.15, 0.2) is 58.3 Å². The smallest absolute Gasteiger partial charge is 0.418 e. The van der Waals surface area contributed by atoms with Crippen molar-refractivity contribution >= 4 is 11.6 Å². The van der Waals surface area contributed by atoms with Crippen LogP contribution < -0.4 is 26.0 Å². The average molecular weight is 435 g/mol. The van der Waals surface area contributed by atoms with Gasteiger partial charge in [0.15, 0.2) is 11.5 Å². The Hall–Kier alpha value is -4.02. The van der Waals surface area contributed by atoms with Gasteiger partial charge in [-0.1, -0.05) is 12.1 Å². The van der Waals surface area contributed by atoms with E-state index in [1.807, 2.05) is 0 Å². The Balaban J connectivity index is 2.05. The van der Waals surface area contributed by atoms with Gasteiger partial charge in [-0.25, -0.2) is 9.36 Å². The van der Waals surface area contributed by atoms with Crippen LogP contribution in [-0.2, 0) is 6.18 Å². The predicted molar refractivity (Wildman–Crippen MR) is 105 cm³/mol. The minimum atomic E-state index is -4.71. The van der Waals surface area contributed by atoms with Crippen LogP contribution in [0.25, 0.3) is 5.69 Å². The maximum absolute atomic E-state index is 13.2. The van der Waals surface area contributed by atoms with Crippen molar-refractivity contribution in [1.82, 2.24) is 9.55 Å². The summed E-state index contributed by atoms with van der Waals surface area (Å²) in [5.74, 6) is -0.555. The van der Waals surface area contributed by atoms with E-state index in [1.54, 1.807) is 0 Å². The number of rotatable bonds is 5. The number of amides is 1. The highest BCUT2D eigenvalue weighted by molar-refractivity contribution is 6.04. The van der Waals surface area contributed by atoms with Gasteiger partial charge in [0, 0.05) is 12.3 Å². The highest BCUT2D eigenvalue weighted by atomic mass is 19.4. The first-order valence-corrected chi connectivity index (χ1v) is 8.72. The van der Waals surface area contributed by atoms with Gasteiger partial charge in [-0.3, -0.25) is 9.59 Å². The molecule has 0 fully saturated rings. The number of H-pyrrole nitrogens is 1. The maximum atomic E-state index is 13.2. The molecule has 0 saturated heterocycles. The van der Waals surface area contributed by atoms with Crippen LogP contribution in [0.1, 0.15) is 15.9 Å². The van der Waals surface area contributed by atoms with Crippen molar-refractivity contribution < 1.29 is 27.4 Å². The fourth-order valence-electron chi connectivity index (χ4n) is 2.86. The summed E-state index contributed by atoms with van der Waals surface area (Å²) in [6.07, 6.45) is -3.87. The van der Waals surface area contributed by atoms with Gasteiger partial charge < -0.3 is 19.8 Å². The van der Waals surface area contributed by atoms with E-state index in [9.17, 15) is 27.6 Å². The number of nitrogens with zero attached hydrogens (tertiary/aromatic N) is 1. The van der Waals surface area contributed by atoms with E-state index in [4.69, 9.17) is 9.47 Å². The fourth-order valence-corrected chi connectivity index (χ4v) is 2.86. The molecule has 31 heavy (non-hydrogen) atoms. The Kier molecular flexibility index (Phi) is 5.86. The Morgan fingerprint density at radius 3 is 2.35 bits per heavy atom. The van der Waals surface area contributed by atoms with E-state index in [0.717, 1.165) is 18.3 Å². The molecule has 11 heteroatoms. The van der Waals surface area contributed by atoms with E-state index >= 15 is 0 Å². The summed E-state index contributed by atoms with van der Waals surface area (Å²) in [6.45, 7) is 0. The standard InChI is InChI=1S/C20H16F3N3O5/c1-30-15-8-7-11(9-16(15)31-2)26-18(28)12(10-24-19(26)29)17(27)25-14-6-4-3-5-13(14)20(21,22)23/h3-10H,1-2H3,(H,24,29)(H,25,27). The van der Waals surface area contributed by atoms with E-state index in [1.165, 1.54) is 44.6 Å². The van der Waals surface area contributed by atoms with Crippen LogP contribution in [0.2, 0.25) is 0 Å². The van der Waals surface area contributed by atoms with E-state index in [0.29, 0.717) is 10.3 Å². The molecule has 0 aliphatic carbocycles. The average Bonchev–Trinajstić information content (AvgIpc) is 2.73. The number of alkyl halides is 3. The van der Waals surface area contributed by atoms with Gasteiger partial charge in [0.2, 0.25) is 0 Å². The van der Waals surface area contributed by atoms with Gasteiger partial charge in [0.05, 0.1) is 31.2 Å². The molecule has 0 radical (unpaired) electrons. The maximum Gasteiger partial charge on any atom is 0.418 e. The van der Waals surface area contributed by atoms with Gasteiger partial charge >= 0.3 is 11.9 Å². The van der Waals surface area contributed by atoms with Gasteiger partial charge in [-0.05, 0) is 24.3 Å². The van der Waals surface area contributed by atoms with Crippen LogP contribution in [0.4, 0.5) is 18.9 Å². The molecular weight excluding hydrogens is 419 g/mol. The number of carbonyl (C=O) groups is 1. The molecule has 0 saturated carbocycles. The number of aromatic amines is 1. The molecule has 0 spiro atoms. The number of ether oxygens (including phenoxy) is 2. The topological polar surface area (TPSA) is 102 Å². The number of hydrogen-bond acceptors (Lipinski definition) is 5. The molecule has 1 aromatic heterocycles. The van der Waals surface area contributed by atoms with Crippen LogP contribution >= 0.6 is 0 Å². The first-order chi connectivity index (χ1) is 14.7. The SMILES string of the molecule is COc1ccc(-n2c(=O)[nH]cc(C(=O)Nc3ccccc3C(F)(F)F)c2=O)cc1OC. The molecule has 0 unspecified atom stereocenters. The number of methoxy groups -OCH3 is 2. The van der Waals surface area contributed by atoms with Crippen LogP contribution in [-0.4, -0.2) is 29.7 Å². The lowest BCUT2D eigenvalue weighted by Crippen LogP contribution is -2.38. The summed E-state index contributed by atoms with van der Waals surface area (Å²) in [6, 6.07) is 8.51. The van der Waals surface area contributed by atoms with Gasteiger partial charge in [-0.2, -0.15) is 13.2 Å². The highest BCUT2D eigenvalue weighted by Crippen LogP contribution is 2.34. The predicted octanol–water partition coefficient (Wildman–Crippen LogP) is 2.81. The lowest BCUT2D eigenvalue weighted by molar-refractivity contribution is -0.136. The first-order valence-electron chi connectivity index (χ1n) is 8.72. The van der Waals surface area contributed by atoms with Crippen LogP contribution in [0.3, 0.4) is 0 Å². The molecule has 162 valence electrons. The molecule has 0 bridgehead atoms. The molecule has 1 heterocycles. The quantitative estimate of drug-likeness (QED) is 0.642. The fraction of sp³-hybridized carbons (Fsp3) is 0.150. The second-order valence-electron chi connectivity index (χ2n) is 6.18. The zero-order valence-electron chi connectivity index (χ0n) is 16.2. The number of aromatic nitrogens is 2. The Morgan fingerprint density at radius 1 is 1.03 bits per heavy atom. The Morgan fingerprint density at radius 2 is 1.71 bits per heavy atom. The molecule has 3 aromatic rings. The lowest BCUT2D eigenvalue weighted by Gasteiger charge is -2.14. The normalized spacial score (nSPS) is 11.1. The van der Waals surface area contributed by atoms with E-state index in [2.05, 4.69) is 10.3 Å². The van der Waals surface area contributed by atoms with Crippen molar-refractivity contribution in [3.63, 3.8) is 0 Å². The van der Waals surface area contributed by atoms with Crippen molar-refractivity contribution in [2.45, 2.75) is 6.18 Å². The lowest BCUT2D eigenvalue weighted by atomic mass is 10.1. The third kappa shape index (κ3) is 4.29. The number of hydrogen-bond donors (Lipinski definition) is 2. The molecule has 3 rings (SSSR count). The van der Waals surface area contributed by atoms with Crippen molar-refractivity contribution in [3.05, 3.63) is 80.6 Å². The van der Waals surface area contributed by atoms with Crippen LogP contribution in [0.5, 0.6) is 11.5 Å². The first kappa shape index (κ1) is 21.7. The van der Waals surface area contributed by atoms with E-state index < -0.39 is 40.1 Å². The summed E-state index contributed by atoms with van der Waals surface area (Å²) in [5, 5.41) is 2.07. The molecule has 1 amide bonds. The molecule has 0 aliphatic heterocycles. The number of benzene rings is 2. The number of halogens is 3. The summed E-state index contributed by atoms with van der Waals surface area (Å²) in [5.41, 5.74) is -3.99. The second-order valence-corrected chi connectivity index (χ2v) is 6.18. The van der Waals surface area contributed by atoms with Crippen molar-refractivity contribution in [2.75, 3.05) is 19.5 Å². The van der Waals surface area contributed by atoms with Gasteiger partial charge in [0.1, 0.15) is 5.56 Å². The van der Waals surface area contributed by atoms with E-state index in [-0.39, 0.29) is 11.4 Å². The van der Waals surface area contributed by atoms with Gasteiger partial charge in [-0.15, -0.1) is 0 Å². The third-order valence-corrected chi connectivity index (χ3v) is 4.33.